The Balaban J connectivity index is 2.01. The SMILES string of the molecule is COc1ccc(C=CC(=O)C2C=CC=C2)cc1. The average Bonchev–Trinajstić information content (AvgIpc) is 2.90. The molecule has 1 aliphatic rings. The third kappa shape index (κ3) is 2.94. The van der Waals surface area contributed by atoms with Crippen LogP contribution >= 0.6 is 0 Å². The van der Waals surface area contributed by atoms with Gasteiger partial charge in [0, 0.05) is 0 Å². The second-order valence-electron chi connectivity index (χ2n) is 3.80. The molecule has 1 aromatic rings. The molecule has 1 aliphatic carbocycles. The van der Waals surface area contributed by atoms with E-state index in [2.05, 4.69) is 0 Å². The van der Waals surface area contributed by atoms with Crippen molar-refractivity contribution in [2.45, 2.75) is 0 Å². The van der Waals surface area contributed by atoms with Crippen LogP contribution in [-0.2, 0) is 4.79 Å². The first-order valence-electron chi connectivity index (χ1n) is 5.50. The number of ether oxygens (including phenoxy) is 1. The van der Waals surface area contributed by atoms with Crippen molar-refractivity contribution >= 4 is 11.9 Å². The summed E-state index contributed by atoms with van der Waals surface area (Å²) < 4.78 is 5.07. The molecule has 0 unspecified atom stereocenters. The van der Waals surface area contributed by atoms with Crippen LogP contribution in [0, 0.1) is 5.92 Å². The van der Waals surface area contributed by atoms with Crippen LogP contribution in [0.1, 0.15) is 5.56 Å². The molecule has 0 amide bonds. The van der Waals surface area contributed by atoms with Crippen molar-refractivity contribution in [2.24, 2.45) is 5.92 Å². The lowest BCUT2D eigenvalue weighted by Crippen LogP contribution is -2.03. The van der Waals surface area contributed by atoms with Gasteiger partial charge in [-0.25, -0.2) is 0 Å². The number of hydrogen-bond acceptors (Lipinski definition) is 2. The first kappa shape index (κ1) is 11.4. The predicted molar refractivity (Wildman–Crippen MR) is 68.8 cm³/mol. The van der Waals surface area contributed by atoms with Crippen molar-refractivity contribution in [3.63, 3.8) is 0 Å². The number of ketones is 1. The summed E-state index contributed by atoms with van der Waals surface area (Å²) in [6.45, 7) is 0. The van der Waals surface area contributed by atoms with Gasteiger partial charge in [-0.1, -0.05) is 42.5 Å². The van der Waals surface area contributed by atoms with E-state index in [4.69, 9.17) is 4.74 Å². The van der Waals surface area contributed by atoms with Crippen molar-refractivity contribution < 1.29 is 9.53 Å². The van der Waals surface area contributed by atoms with Crippen molar-refractivity contribution in [1.29, 1.82) is 0 Å². The number of carbonyl (C=O) groups is 1. The van der Waals surface area contributed by atoms with Crippen molar-refractivity contribution in [3.05, 3.63) is 60.2 Å². The van der Waals surface area contributed by atoms with Gasteiger partial charge in [0.25, 0.3) is 0 Å². The smallest absolute Gasteiger partial charge is 0.166 e. The summed E-state index contributed by atoms with van der Waals surface area (Å²) in [6, 6.07) is 7.59. The lowest BCUT2D eigenvalue weighted by Gasteiger charge is -2.00. The van der Waals surface area contributed by atoms with Crippen LogP contribution in [0.3, 0.4) is 0 Å². The largest absolute Gasteiger partial charge is 0.497 e. The van der Waals surface area contributed by atoms with Gasteiger partial charge >= 0.3 is 0 Å². The minimum Gasteiger partial charge on any atom is -0.497 e. The van der Waals surface area contributed by atoms with E-state index in [0.717, 1.165) is 11.3 Å². The molecule has 0 fully saturated rings. The maximum Gasteiger partial charge on any atom is 0.166 e. The Bertz CT molecular complexity index is 466. The molecule has 2 rings (SSSR count). The quantitative estimate of drug-likeness (QED) is 0.738. The first-order valence-corrected chi connectivity index (χ1v) is 5.50. The van der Waals surface area contributed by atoms with Gasteiger partial charge in [0.15, 0.2) is 5.78 Å². The molecule has 0 heterocycles. The van der Waals surface area contributed by atoms with Gasteiger partial charge < -0.3 is 4.74 Å². The molecule has 0 spiro atoms. The Morgan fingerprint density at radius 1 is 1.18 bits per heavy atom. The van der Waals surface area contributed by atoms with E-state index in [0.29, 0.717) is 0 Å². The van der Waals surface area contributed by atoms with E-state index < -0.39 is 0 Å². The van der Waals surface area contributed by atoms with Crippen LogP contribution in [0.5, 0.6) is 5.75 Å². The molecule has 1 aromatic carbocycles. The molecule has 0 aromatic heterocycles. The zero-order chi connectivity index (χ0) is 12.1. The van der Waals surface area contributed by atoms with Crippen LogP contribution < -0.4 is 4.74 Å². The zero-order valence-corrected chi connectivity index (χ0v) is 9.67. The van der Waals surface area contributed by atoms with E-state index in [1.54, 1.807) is 13.2 Å². The Kier molecular flexibility index (Phi) is 3.55. The van der Waals surface area contributed by atoms with E-state index >= 15 is 0 Å². The van der Waals surface area contributed by atoms with Crippen LogP contribution in [0.15, 0.2) is 54.6 Å². The number of benzene rings is 1. The molecule has 2 heteroatoms. The van der Waals surface area contributed by atoms with Gasteiger partial charge in [0.1, 0.15) is 5.75 Å². The third-order valence-corrected chi connectivity index (χ3v) is 2.63. The number of hydrogen-bond donors (Lipinski definition) is 0. The van der Waals surface area contributed by atoms with Gasteiger partial charge in [-0.05, 0) is 23.8 Å². The summed E-state index contributed by atoms with van der Waals surface area (Å²) in [5.41, 5.74) is 0.991. The summed E-state index contributed by atoms with van der Waals surface area (Å²) in [7, 11) is 1.63. The molecule has 0 saturated heterocycles. The first-order chi connectivity index (χ1) is 8.29. The van der Waals surface area contributed by atoms with Gasteiger partial charge in [-0.15, -0.1) is 0 Å². The summed E-state index contributed by atoms with van der Waals surface area (Å²) >= 11 is 0. The number of allylic oxidation sites excluding steroid dienone is 5. The molecular formula is C15H14O2. The molecule has 0 aliphatic heterocycles. The van der Waals surface area contributed by atoms with Crippen molar-refractivity contribution in [1.82, 2.24) is 0 Å². The van der Waals surface area contributed by atoms with Crippen LogP contribution in [-0.4, -0.2) is 12.9 Å². The molecule has 0 atom stereocenters. The maximum atomic E-state index is 11.7. The second-order valence-corrected chi connectivity index (χ2v) is 3.80. The lowest BCUT2D eigenvalue weighted by atomic mass is 10.1. The minimum atomic E-state index is -0.0931. The summed E-state index contributed by atoms with van der Waals surface area (Å²) in [6.07, 6.45) is 11.0. The van der Waals surface area contributed by atoms with E-state index in [1.165, 1.54) is 0 Å². The van der Waals surface area contributed by atoms with Crippen molar-refractivity contribution in [2.75, 3.05) is 7.11 Å². The van der Waals surface area contributed by atoms with E-state index in [-0.39, 0.29) is 11.7 Å². The lowest BCUT2D eigenvalue weighted by molar-refractivity contribution is -0.115. The Labute approximate surface area is 101 Å². The van der Waals surface area contributed by atoms with E-state index in [9.17, 15) is 4.79 Å². The normalized spacial score (nSPS) is 14.6. The van der Waals surface area contributed by atoms with Gasteiger partial charge in [0.05, 0.1) is 13.0 Å². The highest BCUT2D eigenvalue weighted by atomic mass is 16.5. The molecule has 2 nitrogen and oxygen atoms in total. The molecule has 86 valence electrons. The standard InChI is InChI=1S/C15H14O2/c1-17-14-9-6-12(7-10-14)8-11-15(16)13-4-2-3-5-13/h2-11,13H,1H3. The van der Waals surface area contributed by atoms with Crippen LogP contribution in [0.25, 0.3) is 6.08 Å². The van der Waals surface area contributed by atoms with Crippen molar-refractivity contribution in [3.8, 4) is 5.75 Å². The highest BCUT2D eigenvalue weighted by molar-refractivity contribution is 5.98. The molecule has 0 radical (unpaired) electrons. The Morgan fingerprint density at radius 2 is 1.82 bits per heavy atom. The topological polar surface area (TPSA) is 26.3 Å². The molecule has 0 N–H and O–H groups in total. The third-order valence-electron chi connectivity index (χ3n) is 2.63. The summed E-state index contributed by atoms with van der Waals surface area (Å²) in [5.74, 6) is 0.824. The van der Waals surface area contributed by atoms with Crippen LogP contribution in [0.2, 0.25) is 0 Å². The molecular weight excluding hydrogens is 212 g/mol. The maximum absolute atomic E-state index is 11.7. The molecule has 17 heavy (non-hydrogen) atoms. The van der Waals surface area contributed by atoms with Crippen LogP contribution in [0.4, 0.5) is 0 Å². The summed E-state index contributed by atoms with van der Waals surface area (Å²) in [4.78, 5) is 11.7. The van der Waals surface area contributed by atoms with Gasteiger partial charge in [0.2, 0.25) is 0 Å². The number of carbonyl (C=O) groups excluding carboxylic acids is 1. The van der Waals surface area contributed by atoms with Gasteiger partial charge in [-0.3, -0.25) is 4.79 Å². The monoisotopic (exact) mass is 226 g/mol. The second kappa shape index (κ2) is 5.30. The highest BCUT2D eigenvalue weighted by Gasteiger charge is 2.10. The zero-order valence-electron chi connectivity index (χ0n) is 9.67. The Morgan fingerprint density at radius 3 is 2.41 bits per heavy atom. The summed E-state index contributed by atoms with van der Waals surface area (Å²) in [5, 5.41) is 0. The number of methoxy groups -OCH3 is 1. The number of rotatable bonds is 4. The Hall–Kier alpha value is -2.09. The fourth-order valence-electron chi connectivity index (χ4n) is 1.63. The fourth-order valence-corrected chi connectivity index (χ4v) is 1.63. The molecule has 0 saturated carbocycles. The van der Waals surface area contributed by atoms with Gasteiger partial charge in [-0.2, -0.15) is 0 Å². The fraction of sp³-hybridized carbons (Fsp3) is 0.133. The minimum absolute atomic E-state index is 0.0931. The highest BCUT2D eigenvalue weighted by Crippen LogP contribution is 2.14. The predicted octanol–water partition coefficient (Wildman–Crippen LogP) is 3.02. The average molecular weight is 226 g/mol. The molecule has 0 bridgehead atoms. The van der Waals surface area contributed by atoms with E-state index in [1.807, 2.05) is 54.6 Å².